The summed E-state index contributed by atoms with van der Waals surface area (Å²) in [5.74, 6) is 1.35. The lowest BCUT2D eigenvalue weighted by Crippen LogP contribution is -2.53. The molecule has 148 valence electrons. The van der Waals surface area contributed by atoms with E-state index in [2.05, 4.69) is 24.1 Å². The summed E-state index contributed by atoms with van der Waals surface area (Å²) in [4.78, 5) is 13.0. The van der Waals surface area contributed by atoms with E-state index in [1.165, 1.54) is 38.5 Å². The Labute approximate surface area is 151 Å². The summed E-state index contributed by atoms with van der Waals surface area (Å²) in [5.41, 5.74) is 0. The van der Waals surface area contributed by atoms with E-state index in [-0.39, 0.29) is 6.01 Å². The van der Waals surface area contributed by atoms with Crippen LogP contribution in [-0.2, 0) is 0 Å². The summed E-state index contributed by atoms with van der Waals surface area (Å²) in [7, 11) is -1.71. The molecule has 0 aromatic carbocycles. The maximum Gasteiger partial charge on any atom is 0.673 e. The maximum absolute atomic E-state index is 12.0. The first-order chi connectivity index (χ1) is 12.0. The summed E-state index contributed by atoms with van der Waals surface area (Å²) in [6, 6.07) is -0.371. The number of aromatic nitrogens is 3. The van der Waals surface area contributed by atoms with Crippen molar-refractivity contribution in [2.45, 2.75) is 38.5 Å². The second-order valence-electron chi connectivity index (χ2n) is 7.52. The van der Waals surface area contributed by atoms with Gasteiger partial charge < -0.3 is 22.4 Å². The molecule has 0 radical (unpaired) electrons. The molecule has 26 heavy (non-hydrogen) atoms. The Kier molecular flexibility index (Phi) is 6.44. The number of hydrogen-bond acceptors (Lipinski definition) is 4. The third-order valence-corrected chi connectivity index (χ3v) is 5.16. The topological polar surface area (TPSA) is 61.7 Å². The first-order valence-corrected chi connectivity index (χ1v) is 9.03. The van der Waals surface area contributed by atoms with Gasteiger partial charge in [0.1, 0.15) is 0 Å². The van der Waals surface area contributed by atoms with Crippen LogP contribution in [0.2, 0.25) is 0 Å². The Bertz CT molecular complexity index is 556. The van der Waals surface area contributed by atoms with Crippen molar-refractivity contribution in [1.82, 2.24) is 23.9 Å². The van der Waals surface area contributed by atoms with Gasteiger partial charge in [-0.2, -0.15) is 9.97 Å². The van der Waals surface area contributed by atoms with Crippen LogP contribution in [0.5, 0.6) is 6.01 Å². The quantitative estimate of drug-likeness (QED) is 0.450. The van der Waals surface area contributed by atoms with Gasteiger partial charge in [0.2, 0.25) is 0 Å². The van der Waals surface area contributed by atoms with Crippen molar-refractivity contribution < 1.29 is 22.4 Å². The molecule has 0 atom stereocenters. The van der Waals surface area contributed by atoms with Gasteiger partial charge in [-0.15, -0.1) is 4.98 Å². The zero-order valence-corrected chi connectivity index (χ0v) is 15.3. The molecule has 2 aliphatic heterocycles. The molecule has 0 unspecified atom stereocenters. The van der Waals surface area contributed by atoms with E-state index in [0.29, 0.717) is 20.9 Å². The Hall–Kier alpha value is -1.49. The van der Waals surface area contributed by atoms with Gasteiger partial charge in [0.05, 0.1) is 46.3 Å². The first-order valence-electron chi connectivity index (χ1n) is 9.03. The van der Waals surface area contributed by atoms with Crippen LogP contribution in [0.1, 0.15) is 38.5 Å². The smallest absolute Gasteiger partial charge is 0.673 e. The minimum absolute atomic E-state index is 0.371. The van der Waals surface area contributed by atoms with E-state index >= 15 is 0 Å². The Balaban J connectivity index is 0.000000431. The van der Waals surface area contributed by atoms with Crippen molar-refractivity contribution in [2.75, 3.05) is 40.3 Å². The van der Waals surface area contributed by atoms with Crippen molar-refractivity contribution in [3.05, 3.63) is 0 Å². The van der Waals surface area contributed by atoms with Gasteiger partial charge in [-0.3, -0.25) is 8.97 Å². The normalized spacial score (nSPS) is 22.2. The van der Waals surface area contributed by atoms with Gasteiger partial charge in [-0.25, -0.2) is 0 Å². The predicted octanol–water partition coefficient (Wildman–Crippen LogP) is 2.49. The highest BCUT2D eigenvalue weighted by Gasteiger charge is 2.36. The lowest BCUT2D eigenvalue weighted by atomic mass is 10.1. The number of piperidine rings is 2. The van der Waals surface area contributed by atoms with Crippen molar-refractivity contribution in [3.8, 4) is 6.01 Å². The molecule has 0 saturated carbocycles. The van der Waals surface area contributed by atoms with Crippen LogP contribution in [0.3, 0.4) is 0 Å². The summed E-state index contributed by atoms with van der Waals surface area (Å²) in [5, 5.41) is 12.0. The van der Waals surface area contributed by atoms with E-state index in [4.69, 9.17) is 4.98 Å². The monoisotopic (exact) mass is 379 g/mol. The van der Waals surface area contributed by atoms with Gasteiger partial charge >= 0.3 is 19.2 Å². The van der Waals surface area contributed by atoms with Crippen LogP contribution in [0, 0.1) is 0 Å². The number of likely N-dealkylation sites (tertiary alicyclic amines) is 2. The molecule has 11 heteroatoms. The molecule has 3 heterocycles. The van der Waals surface area contributed by atoms with Gasteiger partial charge in [-0.1, -0.05) is 0 Å². The summed E-state index contributed by atoms with van der Waals surface area (Å²) < 4.78 is 40.4. The summed E-state index contributed by atoms with van der Waals surface area (Å²) in [6.07, 6.45) is 7.25. The third-order valence-electron chi connectivity index (χ3n) is 5.16. The summed E-state index contributed by atoms with van der Waals surface area (Å²) >= 11 is 0. The van der Waals surface area contributed by atoms with Crippen LogP contribution in [0.25, 0.3) is 0 Å². The number of quaternary nitrogens is 2. The lowest BCUT2D eigenvalue weighted by Gasteiger charge is -2.37. The second-order valence-corrected chi connectivity index (χ2v) is 7.52. The largest absolute Gasteiger partial charge is 0.844 e. The fourth-order valence-electron chi connectivity index (χ4n) is 3.64. The minimum atomic E-state index is -6.00. The van der Waals surface area contributed by atoms with Crippen LogP contribution in [-0.4, -0.2) is 62.5 Å². The van der Waals surface area contributed by atoms with Crippen molar-refractivity contribution in [1.29, 1.82) is 0 Å². The molecule has 3 rings (SSSR count). The molecular formula is C15H26BF4N5O. The molecule has 0 N–H and O–H groups in total. The van der Waals surface area contributed by atoms with E-state index in [9.17, 15) is 22.4 Å². The van der Waals surface area contributed by atoms with Crippen molar-refractivity contribution >= 4 is 19.2 Å². The highest BCUT2D eigenvalue weighted by molar-refractivity contribution is 6.50. The van der Waals surface area contributed by atoms with Gasteiger partial charge in [0.25, 0.3) is 0 Å². The Morgan fingerprint density at radius 1 is 0.692 bits per heavy atom. The summed E-state index contributed by atoms with van der Waals surface area (Å²) in [6.45, 7) is 4.08. The van der Waals surface area contributed by atoms with E-state index in [0.717, 1.165) is 26.2 Å². The zero-order chi connectivity index (χ0) is 19.4. The lowest BCUT2D eigenvalue weighted by molar-refractivity contribution is -0.282. The fraction of sp³-hybridized carbons (Fsp3) is 0.800. The Morgan fingerprint density at radius 2 is 1.00 bits per heavy atom. The highest BCUT2D eigenvalue weighted by atomic mass is 19.5. The molecule has 2 aliphatic rings. The Morgan fingerprint density at radius 3 is 1.31 bits per heavy atom. The fourth-order valence-corrected chi connectivity index (χ4v) is 3.64. The van der Waals surface area contributed by atoms with E-state index in [1.54, 1.807) is 0 Å². The number of halogens is 4. The highest BCUT2D eigenvalue weighted by Crippen LogP contribution is 2.29. The zero-order valence-electron chi connectivity index (χ0n) is 15.3. The van der Waals surface area contributed by atoms with Crippen LogP contribution in [0.15, 0.2) is 0 Å². The molecule has 1 aromatic rings. The average Bonchev–Trinajstić information content (AvgIpc) is 2.54. The molecule has 0 aliphatic carbocycles. The SMILES string of the molecule is C[N+]1(c2nc([O-])nc([N+]3(C)CCCCC3)n2)CCCCC1.F[B-](F)(F)F. The van der Waals surface area contributed by atoms with E-state index in [1.807, 2.05) is 0 Å². The molecule has 6 nitrogen and oxygen atoms in total. The van der Waals surface area contributed by atoms with Crippen LogP contribution >= 0.6 is 0 Å². The van der Waals surface area contributed by atoms with Gasteiger partial charge in [0.15, 0.2) is 0 Å². The third kappa shape index (κ3) is 5.77. The van der Waals surface area contributed by atoms with Crippen LogP contribution < -0.4 is 14.1 Å². The number of hydrogen-bond donors (Lipinski definition) is 0. The standard InChI is InChI=1S/C15H26N5O.BF4/c1-19(9-5-3-6-10-19)13-16-14(18-15(21)17-13)20(2)11-7-4-8-12-20;2-1(3,4)5/h3-12H2,1-2H3;/q+1;-1. The molecule has 0 bridgehead atoms. The molecule has 2 fully saturated rings. The van der Waals surface area contributed by atoms with Gasteiger partial charge in [0, 0.05) is 0 Å². The van der Waals surface area contributed by atoms with Crippen LogP contribution in [0.4, 0.5) is 29.2 Å². The number of rotatable bonds is 2. The van der Waals surface area contributed by atoms with Crippen molar-refractivity contribution in [2.24, 2.45) is 0 Å². The second kappa shape index (κ2) is 8.04. The molecule has 0 spiro atoms. The molecule has 2 saturated heterocycles. The number of nitrogens with zero attached hydrogens (tertiary/aromatic N) is 5. The van der Waals surface area contributed by atoms with Gasteiger partial charge in [-0.05, 0) is 38.5 Å². The average molecular weight is 379 g/mol. The maximum atomic E-state index is 12.0. The van der Waals surface area contributed by atoms with Crippen molar-refractivity contribution in [3.63, 3.8) is 0 Å². The van der Waals surface area contributed by atoms with E-state index < -0.39 is 7.25 Å². The molecule has 0 amide bonds. The molecular weight excluding hydrogens is 353 g/mol. The minimum Gasteiger partial charge on any atom is -0.844 e. The predicted molar refractivity (Wildman–Crippen MR) is 92.1 cm³/mol. The molecule has 1 aromatic heterocycles. The first kappa shape index (κ1) is 20.8.